The number of hydrogen-bond donors (Lipinski definition) is 3. The first-order valence-corrected chi connectivity index (χ1v) is 6.23. The highest BCUT2D eigenvalue weighted by molar-refractivity contribution is 6.32. The van der Waals surface area contributed by atoms with E-state index in [0.29, 0.717) is 27.8 Å². The van der Waals surface area contributed by atoms with Gasteiger partial charge in [0.05, 0.1) is 12.1 Å². The fraction of sp³-hybridized carbons (Fsp3) is 0.0714. The second kappa shape index (κ2) is 6.16. The molecule has 0 aliphatic heterocycles. The third-order valence-electron chi connectivity index (χ3n) is 2.55. The van der Waals surface area contributed by atoms with Crippen LogP contribution >= 0.6 is 11.6 Å². The number of nitrogens with one attached hydrogen (secondary N) is 2. The van der Waals surface area contributed by atoms with Crippen molar-refractivity contribution >= 4 is 34.7 Å². The highest BCUT2D eigenvalue weighted by Crippen LogP contribution is 2.27. The summed E-state index contributed by atoms with van der Waals surface area (Å²) in [5.74, 6) is 0.494. The Morgan fingerprint density at radius 3 is 2.50 bits per heavy atom. The number of carbonyl (C=O) groups is 1. The van der Waals surface area contributed by atoms with Crippen LogP contribution in [0.1, 0.15) is 0 Å². The quantitative estimate of drug-likeness (QED) is 0.757. The van der Waals surface area contributed by atoms with Crippen molar-refractivity contribution in [1.29, 1.82) is 0 Å². The Morgan fingerprint density at radius 1 is 1.15 bits per heavy atom. The first kappa shape index (κ1) is 14.0. The van der Waals surface area contributed by atoms with Crippen molar-refractivity contribution in [3.8, 4) is 5.75 Å². The topological polar surface area (TPSA) is 76.4 Å². The molecule has 2 aromatic rings. The molecule has 0 heterocycles. The molecule has 0 aliphatic carbocycles. The first-order valence-electron chi connectivity index (χ1n) is 5.85. The van der Waals surface area contributed by atoms with Gasteiger partial charge in [-0.15, -0.1) is 0 Å². The molecular weight excluding hydrogens is 278 g/mol. The van der Waals surface area contributed by atoms with E-state index in [-0.39, 0.29) is 6.03 Å². The summed E-state index contributed by atoms with van der Waals surface area (Å²) in [6.45, 7) is 0. The second-order valence-electron chi connectivity index (χ2n) is 4.05. The van der Waals surface area contributed by atoms with Crippen LogP contribution in [0.5, 0.6) is 5.75 Å². The van der Waals surface area contributed by atoms with Crippen LogP contribution in [0.2, 0.25) is 5.02 Å². The van der Waals surface area contributed by atoms with E-state index in [0.717, 1.165) is 0 Å². The van der Waals surface area contributed by atoms with Gasteiger partial charge in [0, 0.05) is 23.1 Å². The van der Waals surface area contributed by atoms with Crippen molar-refractivity contribution in [2.45, 2.75) is 0 Å². The van der Waals surface area contributed by atoms with E-state index in [1.54, 1.807) is 42.5 Å². The SMILES string of the molecule is COc1cc(NC(=O)Nc2cccc(N)c2)ccc1Cl. The number of methoxy groups -OCH3 is 1. The maximum atomic E-state index is 11.8. The van der Waals surface area contributed by atoms with Gasteiger partial charge in [-0.25, -0.2) is 4.79 Å². The van der Waals surface area contributed by atoms with Crippen molar-refractivity contribution in [1.82, 2.24) is 0 Å². The number of hydrogen-bond acceptors (Lipinski definition) is 3. The Balaban J connectivity index is 2.04. The van der Waals surface area contributed by atoms with Crippen LogP contribution in [0.25, 0.3) is 0 Å². The molecule has 6 heteroatoms. The molecule has 0 unspecified atom stereocenters. The van der Waals surface area contributed by atoms with Crippen LogP contribution < -0.4 is 21.1 Å². The summed E-state index contributed by atoms with van der Waals surface area (Å²) in [6, 6.07) is 11.5. The van der Waals surface area contributed by atoms with Crippen molar-refractivity contribution in [3.63, 3.8) is 0 Å². The van der Waals surface area contributed by atoms with E-state index in [9.17, 15) is 4.79 Å². The molecule has 0 fully saturated rings. The number of nitrogen functional groups attached to an aromatic ring is 1. The fourth-order valence-corrected chi connectivity index (χ4v) is 1.84. The molecule has 0 radical (unpaired) electrons. The Hall–Kier alpha value is -2.40. The average molecular weight is 292 g/mol. The molecule has 0 bridgehead atoms. The molecule has 0 atom stereocenters. The Kier molecular flexibility index (Phi) is 4.32. The second-order valence-corrected chi connectivity index (χ2v) is 4.46. The minimum absolute atomic E-state index is 0.375. The summed E-state index contributed by atoms with van der Waals surface area (Å²) >= 11 is 5.91. The molecular formula is C14H14ClN3O2. The highest BCUT2D eigenvalue weighted by atomic mass is 35.5. The number of rotatable bonds is 3. The van der Waals surface area contributed by atoms with Gasteiger partial charge >= 0.3 is 6.03 Å². The van der Waals surface area contributed by atoms with Crippen LogP contribution in [0.4, 0.5) is 21.9 Å². The number of carbonyl (C=O) groups excluding carboxylic acids is 1. The normalized spacial score (nSPS) is 9.90. The lowest BCUT2D eigenvalue weighted by Gasteiger charge is -2.10. The van der Waals surface area contributed by atoms with Gasteiger partial charge in [0.1, 0.15) is 5.75 Å². The van der Waals surface area contributed by atoms with Gasteiger partial charge in [-0.2, -0.15) is 0 Å². The van der Waals surface area contributed by atoms with Gasteiger partial charge in [0.25, 0.3) is 0 Å². The van der Waals surface area contributed by atoms with Gasteiger partial charge in [-0.3, -0.25) is 0 Å². The van der Waals surface area contributed by atoms with Gasteiger partial charge in [0.15, 0.2) is 0 Å². The molecule has 0 saturated heterocycles. The Morgan fingerprint density at radius 2 is 1.85 bits per heavy atom. The lowest BCUT2D eigenvalue weighted by Crippen LogP contribution is -2.19. The van der Waals surface area contributed by atoms with Crippen molar-refractivity contribution in [2.24, 2.45) is 0 Å². The predicted octanol–water partition coefficient (Wildman–Crippen LogP) is 3.57. The molecule has 4 N–H and O–H groups in total. The molecule has 5 nitrogen and oxygen atoms in total. The number of anilines is 3. The summed E-state index contributed by atoms with van der Waals surface area (Å²) in [5.41, 5.74) is 7.41. The van der Waals surface area contributed by atoms with E-state index >= 15 is 0 Å². The van der Waals surface area contributed by atoms with Crippen LogP contribution in [-0.2, 0) is 0 Å². The minimum atomic E-state index is -0.375. The molecule has 0 spiro atoms. The van der Waals surface area contributed by atoms with Crippen LogP contribution in [0.3, 0.4) is 0 Å². The molecule has 2 aromatic carbocycles. The van der Waals surface area contributed by atoms with Crippen LogP contribution in [-0.4, -0.2) is 13.1 Å². The number of nitrogens with two attached hydrogens (primary N) is 1. The molecule has 0 saturated carbocycles. The summed E-state index contributed by atoms with van der Waals surface area (Å²) in [4.78, 5) is 11.8. The number of ether oxygens (including phenoxy) is 1. The largest absolute Gasteiger partial charge is 0.495 e. The molecule has 104 valence electrons. The van der Waals surface area contributed by atoms with Gasteiger partial charge in [0.2, 0.25) is 0 Å². The molecule has 20 heavy (non-hydrogen) atoms. The monoisotopic (exact) mass is 291 g/mol. The third kappa shape index (κ3) is 3.55. The standard InChI is InChI=1S/C14H14ClN3O2/c1-20-13-8-11(5-6-12(13)15)18-14(19)17-10-4-2-3-9(16)7-10/h2-8H,16H2,1H3,(H2,17,18,19). The number of urea groups is 1. The number of halogens is 1. The fourth-order valence-electron chi connectivity index (χ4n) is 1.65. The van der Waals surface area contributed by atoms with E-state index in [4.69, 9.17) is 22.1 Å². The van der Waals surface area contributed by atoms with Crippen LogP contribution in [0.15, 0.2) is 42.5 Å². The van der Waals surface area contributed by atoms with E-state index in [1.165, 1.54) is 7.11 Å². The van der Waals surface area contributed by atoms with E-state index in [2.05, 4.69) is 10.6 Å². The zero-order valence-electron chi connectivity index (χ0n) is 10.8. The van der Waals surface area contributed by atoms with Gasteiger partial charge in [-0.05, 0) is 30.3 Å². The summed E-state index contributed by atoms with van der Waals surface area (Å²) in [6.07, 6.45) is 0. The van der Waals surface area contributed by atoms with Crippen molar-refractivity contribution in [3.05, 3.63) is 47.5 Å². The number of benzene rings is 2. The smallest absolute Gasteiger partial charge is 0.323 e. The lowest BCUT2D eigenvalue weighted by molar-refractivity contribution is 0.262. The minimum Gasteiger partial charge on any atom is -0.495 e. The average Bonchev–Trinajstić information content (AvgIpc) is 2.41. The summed E-state index contributed by atoms with van der Waals surface area (Å²) in [7, 11) is 1.51. The molecule has 0 aliphatic rings. The molecule has 2 amide bonds. The predicted molar refractivity (Wildman–Crippen MR) is 81.5 cm³/mol. The molecule has 2 rings (SSSR count). The summed E-state index contributed by atoms with van der Waals surface area (Å²) in [5, 5.41) is 5.84. The van der Waals surface area contributed by atoms with Gasteiger partial charge < -0.3 is 21.1 Å². The lowest BCUT2D eigenvalue weighted by atomic mass is 10.3. The van der Waals surface area contributed by atoms with E-state index in [1.807, 2.05) is 0 Å². The van der Waals surface area contributed by atoms with Gasteiger partial charge in [-0.1, -0.05) is 17.7 Å². The van der Waals surface area contributed by atoms with Crippen LogP contribution in [0, 0.1) is 0 Å². The number of amides is 2. The first-order chi connectivity index (χ1) is 9.58. The van der Waals surface area contributed by atoms with Crippen molar-refractivity contribution < 1.29 is 9.53 Å². The van der Waals surface area contributed by atoms with Crippen molar-refractivity contribution in [2.75, 3.05) is 23.5 Å². The maximum Gasteiger partial charge on any atom is 0.323 e. The summed E-state index contributed by atoms with van der Waals surface area (Å²) < 4.78 is 5.08. The zero-order chi connectivity index (χ0) is 14.5. The Labute approximate surface area is 121 Å². The highest BCUT2D eigenvalue weighted by Gasteiger charge is 2.06. The maximum absolute atomic E-state index is 11.8. The zero-order valence-corrected chi connectivity index (χ0v) is 11.6. The Bertz CT molecular complexity index is 632. The molecule has 0 aromatic heterocycles. The van der Waals surface area contributed by atoms with E-state index < -0.39 is 0 Å². The third-order valence-corrected chi connectivity index (χ3v) is 2.87.